The predicted molar refractivity (Wildman–Crippen MR) is 59.8 cm³/mol. The van der Waals surface area contributed by atoms with Gasteiger partial charge in [-0.3, -0.25) is 4.79 Å². The third kappa shape index (κ3) is 1.85. The highest BCUT2D eigenvalue weighted by atomic mass is 35.5. The van der Waals surface area contributed by atoms with Crippen molar-refractivity contribution in [3.8, 4) is 0 Å². The normalized spacial score (nSPS) is 21.0. The molecule has 1 saturated heterocycles. The lowest BCUT2D eigenvalue weighted by molar-refractivity contribution is -0.118. The number of hydrogen-bond acceptors (Lipinski definition) is 2. The standard InChI is InChI=1S/C9H7Cl2NOS/c10-6-3-1-2-5(8(6)11)9-12-7(13)4-14-9/h1-3,9H,4H2,(H,12,13)/t9-/m0/s1. The van der Waals surface area contributed by atoms with Crippen LogP contribution >= 0.6 is 35.0 Å². The first kappa shape index (κ1) is 10.1. The Hall–Kier alpha value is -0.380. The second-order valence-corrected chi connectivity index (χ2v) is 4.78. The molecule has 1 N–H and O–H groups in total. The van der Waals surface area contributed by atoms with E-state index in [1.54, 1.807) is 6.07 Å². The summed E-state index contributed by atoms with van der Waals surface area (Å²) < 4.78 is 0. The van der Waals surface area contributed by atoms with E-state index >= 15 is 0 Å². The van der Waals surface area contributed by atoms with Crippen molar-refractivity contribution >= 4 is 40.9 Å². The molecule has 1 aliphatic rings. The molecule has 1 fully saturated rings. The van der Waals surface area contributed by atoms with Gasteiger partial charge in [-0.15, -0.1) is 11.8 Å². The highest BCUT2D eigenvalue weighted by Gasteiger charge is 2.25. The van der Waals surface area contributed by atoms with Crippen molar-refractivity contribution in [3.05, 3.63) is 33.8 Å². The van der Waals surface area contributed by atoms with Gasteiger partial charge in [0.2, 0.25) is 5.91 Å². The second-order valence-electron chi connectivity index (χ2n) is 2.90. The van der Waals surface area contributed by atoms with Crippen LogP contribution in [0.1, 0.15) is 10.9 Å². The fraction of sp³-hybridized carbons (Fsp3) is 0.222. The van der Waals surface area contributed by atoms with Crippen LogP contribution in [0.15, 0.2) is 18.2 Å². The van der Waals surface area contributed by atoms with E-state index in [1.165, 1.54) is 11.8 Å². The maximum atomic E-state index is 11.0. The predicted octanol–water partition coefficient (Wildman–Crippen LogP) is 2.86. The molecule has 74 valence electrons. The summed E-state index contributed by atoms with van der Waals surface area (Å²) in [6, 6.07) is 5.43. The highest BCUT2D eigenvalue weighted by molar-refractivity contribution is 8.00. The number of thioether (sulfide) groups is 1. The molecule has 0 radical (unpaired) electrons. The number of halogens is 2. The zero-order chi connectivity index (χ0) is 10.1. The Bertz CT molecular complexity index is 383. The van der Waals surface area contributed by atoms with Crippen LogP contribution in [-0.4, -0.2) is 11.7 Å². The molecule has 0 aliphatic carbocycles. The Morgan fingerprint density at radius 1 is 1.43 bits per heavy atom. The quantitative estimate of drug-likeness (QED) is 0.827. The molecular weight excluding hydrogens is 241 g/mol. The van der Waals surface area contributed by atoms with Crippen molar-refractivity contribution in [2.24, 2.45) is 0 Å². The Morgan fingerprint density at radius 2 is 2.21 bits per heavy atom. The summed E-state index contributed by atoms with van der Waals surface area (Å²) in [5, 5.41) is 3.80. The van der Waals surface area contributed by atoms with E-state index in [1.807, 2.05) is 12.1 Å². The van der Waals surface area contributed by atoms with Crippen molar-refractivity contribution in [1.82, 2.24) is 5.32 Å². The number of nitrogens with one attached hydrogen (secondary N) is 1. The smallest absolute Gasteiger partial charge is 0.231 e. The van der Waals surface area contributed by atoms with E-state index in [0.717, 1.165) is 5.56 Å². The van der Waals surface area contributed by atoms with Gasteiger partial charge in [0, 0.05) is 5.56 Å². The van der Waals surface area contributed by atoms with Crippen molar-refractivity contribution in [1.29, 1.82) is 0 Å². The van der Waals surface area contributed by atoms with Crippen LogP contribution in [0, 0.1) is 0 Å². The number of carbonyl (C=O) groups excluding carboxylic acids is 1. The van der Waals surface area contributed by atoms with Gasteiger partial charge in [0.15, 0.2) is 0 Å². The molecule has 5 heteroatoms. The topological polar surface area (TPSA) is 29.1 Å². The van der Waals surface area contributed by atoms with Crippen molar-refractivity contribution in [2.45, 2.75) is 5.37 Å². The number of rotatable bonds is 1. The molecule has 0 aromatic heterocycles. The lowest BCUT2D eigenvalue weighted by Gasteiger charge is -2.11. The van der Waals surface area contributed by atoms with Crippen LogP contribution in [0.4, 0.5) is 0 Å². The molecule has 1 aromatic rings. The molecule has 1 heterocycles. The van der Waals surface area contributed by atoms with Crippen molar-refractivity contribution in [3.63, 3.8) is 0 Å². The highest BCUT2D eigenvalue weighted by Crippen LogP contribution is 2.37. The molecule has 1 amide bonds. The Kier molecular flexibility index (Phi) is 2.91. The molecule has 1 aromatic carbocycles. The van der Waals surface area contributed by atoms with E-state index in [4.69, 9.17) is 23.2 Å². The van der Waals surface area contributed by atoms with Gasteiger partial charge in [0.25, 0.3) is 0 Å². The van der Waals surface area contributed by atoms with E-state index < -0.39 is 0 Å². The summed E-state index contributed by atoms with van der Waals surface area (Å²) in [5.41, 5.74) is 0.870. The summed E-state index contributed by atoms with van der Waals surface area (Å²) in [5.74, 6) is 0.518. The third-order valence-corrected chi connectivity index (χ3v) is 3.90. The SMILES string of the molecule is O=C1CS[C@@H](c2cccc(Cl)c2Cl)N1. The first-order chi connectivity index (χ1) is 6.68. The summed E-state index contributed by atoms with van der Waals surface area (Å²) in [6.07, 6.45) is 0. The average Bonchev–Trinajstić information content (AvgIpc) is 2.57. The first-order valence-corrected chi connectivity index (χ1v) is 5.84. The Labute approximate surface area is 96.0 Å². The minimum atomic E-state index is -0.0614. The largest absolute Gasteiger partial charge is 0.339 e. The lowest BCUT2D eigenvalue weighted by Crippen LogP contribution is -2.19. The maximum absolute atomic E-state index is 11.0. The van der Waals surface area contributed by atoms with Crippen LogP contribution < -0.4 is 5.32 Å². The number of hydrogen-bond donors (Lipinski definition) is 1. The minimum absolute atomic E-state index is 0.0380. The maximum Gasteiger partial charge on any atom is 0.231 e. The van der Waals surface area contributed by atoms with Crippen molar-refractivity contribution < 1.29 is 4.79 Å². The second kappa shape index (κ2) is 4.01. The van der Waals surface area contributed by atoms with Crippen LogP contribution in [0.5, 0.6) is 0 Å². The number of amides is 1. The van der Waals surface area contributed by atoms with Gasteiger partial charge in [-0.25, -0.2) is 0 Å². The average molecular weight is 248 g/mol. The zero-order valence-corrected chi connectivity index (χ0v) is 9.42. The van der Waals surface area contributed by atoms with E-state index in [-0.39, 0.29) is 11.3 Å². The number of benzene rings is 1. The first-order valence-electron chi connectivity index (χ1n) is 4.03. The minimum Gasteiger partial charge on any atom is -0.339 e. The molecule has 1 atom stereocenters. The van der Waals surface area contributed by atoms with Crippen LogP contribution in [0.25, 0.3) is 0 Å². The fourth-order valence-electron chi connectivity index (χ4n) is 1.28. The summed E-state index contributed by atoms with van der Waals surface area (Å²) in [6.45, 7) is 0. The molecule has 0 unspecified atom stereocenters. The Balaban J connectivity index is 2.32. The van der Waals surface area contributed by atoms with Gasteiger partial charge in [0.05, 0.1) is 15.8 Å². The van der Waals surface area contributed by atoms with Crippen molar-refractivity contribution in [2.75, 3.05) is 5.75 Å². The van der Waals surface area contributed by atoms with Gasteiger partial charge < -0.3 is 5.32 Å². The summed E-state index contributed by atoms with van der Waals surface area (Å²) in [4.78, 5) is 11.0. The third-order valence-electron chi connectivity index (χ3n) is 1.94. The van der Waals surface area contributed by atoms with Gasteiger partial charge in [0.1, 0.15) is 5.37 Å². The van der Waals surface area contributed by atoms with E-state index in [9.17, 15) is 4.79 Å². The molecule has 0 bridgehead atoms. The Morgan fingerprint density at radius 3 is 2.86 bits per heavy atom. The van der Waals surface area contributed by atoms with Gasteiger partial charge >= 0.3 is 0 Å². The molecule has 2 nitrogen and oxygen atoms in total. The van der Waals surface area contributed by atoms with Crippen LogP contribution in [0.2, 0.25) is 10.0 Å². The molecule has 1 aliphatic heterocycles. The van der Waals surface area contributed by atoms with Crippen LogP contribution in [-0.2, 0) is 4.79 Å². The number of carbonyl (C=O) groups is 1. The molecular formula is C9H7Cl2NOS. The van der Waals surface area contributed by atoms with Crippen LogP contribution in [0.3, 0.4) is 0 Å². The molecule has 2 rings (SSSR count). The van der Waals surface area contributed by atoms with E-state index in [2.05, 4.69) is 5.32 Å². The monoisotopic (exact) mass is 247 g/mol. The van der Waals surface area contributed by atoms with Gasteiger partial charge in [-0.1, -0.05) is 35.3 Å². The van der Waals surface area contributed by atoms with Gasteiger partial charge in [-0.05, 0) is 6.07 Å². The molecule has 0 saturated carbocycles. The molecule has 14 heavy (non-hydrogen) atoms. The summed E-state index contributed by atoms with van der Waals surface area (Å²) in [7, 11) is 0. The summed E-state index contributed by atoms with van der Waals surface area (Å²) >= 11 is 13.4. The van der Waals surface area contributed by atoms with E-state index in [0.29, 0.717) is 15.8 Å². The lowest BCUT2D eigenvalue weighted by atomic mass is 10.2. The fourth-order valence-corrected chi connectivity index (χ4v) is 2.75. The van der Waals surface area contributed by atoms with Gasteiger partial charge in [-0.2, -0.15) is 0 Å². The molecule has 0 spiro atoms. The zero-order valence-electron chi connectivity index (χ0n) is 7.09.